The lowest BCUT2D eigenvalue weighted by molar-refractivity contribution is 0.262. The van der Waals surface area contributed by atoms with E-state index in [-0.39, 0.29) is 6.03 Å². The first kappa shape index (κ1) is 15.9. The molecule has 0 fully saturated rings. The van der Waals surface area contributed by atoms with Crippen LogP contribution in [0.1, 0.15) is 31.7 Å². The van der Waals surface area contributed by atoms with Crippen LogP contribution in [0.15, 0.2) is 48.5 Å². The number of para-hydroxylation sites is 1. The zero-order chi connectivity index (χ0) is 15.9. The Labute approximate surface area is 131 Å². The number of ether oxygens (including phenoxy) is 1. The van der Waals surface area contributed by atoms with Gasteiger partial charge in [-0.3, -0.25) is 0 Å². The molecule has 2 aromatic carbocycles. The minimum absolute atomic E-state index is 0.249. The summed E-state index contributed by atoms with van der Waals surface area (Å²) in [4.78, 5) is 12.1. The molecule has 0 heterocycles. The first-order valence-corrected chi connectivity index (χ1v) is 7.45. The van der Waals surface area contributed by atoms with Crippen molar-refractivity contribution in [2.75, 3.05) is 17.7 Å². The topological polar surface area (TPSA) is 50.4 Å². The fourth-order valence-electron chi connectivity index (χ4n) is 2.22. The second-order valence-electron chi connectivity index (χ2n) is 5.20. The molecule has 0 unspecified atom stereocenters. The zero-order valence-corrected chi connectivity index (χ0v) is 13.2. The molecule has 2 N–H and O–H groups in total. The lowest BCUT2D eigenvalue weighted by Gasteiger charge is -2.16. The molecule has 4 nitrogen and oxygen atoms in total. The standard InChI is InChI=1S/C18H22N2O2/c1-4-13(2)16-7-5-6-8-17(16)20-18(21)19-14-9-11-15(22-3)12-10-14/h5-13H,4H2,1-3H3,(H2,19,20,21)/t13-/m0/s1. The summed E-state index contributed by atoms with van der Waals surface area (Å²) in [5, 5.41) is 5.74. The molecule has 2 aromatic rings. The van der Waals surface area contributed by atoms with Gasteiger partial charge in [0.15, 0.2) is 0 Å². The minimum Gasteiger partial charge on any atom is -0.497 e. The van der Waals surface area contributed by atoms with Crippen LogP contribution in [0.4, 0.5) is 16.2 Å². The summed E-state index contributed by atoms with van der Waals surface area (Å²) in [7, 11) is 1.61. The minimum atomic E-state index is -0.249. The third kappa shape index (κ3) is 4.01. The molecule has 0 aliphatic rings. The molecule has 22 heavy (non-hydrogen) atoms. The molecule has 1 atom stereocenters. The van der Waals surface area contributed by atoms with Gasteiger partial charge < -0.3 is 15.4 Å². The molecule has 0 saturated heterocycles. The summed E-state index contributed by atoms with van der Waals surface area (Å²) in [6.45, 7) is 4.29. The molecular formula is C18H22N2O2. The Morgan fingerprint density at radius 1 is 1.09 bits per heavy atom. The Kier molecular flexibility index (Phi) is 5.42. The highest BCUT2D eigenvalue weighted by molar-refractivity contribution is 6.00. The number of carbonyl (C=O) groups is 1. The summed E-state index contributed by atoms with van der Waals surface area (Å²) >= 11 is 0. The Hall–Kier alpha value is -2.49. The third-order valence-corrected chi connectivity index (χ3v) is 3.70. The van der Waals surface area contributed by atoms with Gasteiger partial charge in [0.25, 0.3) is 0 Å². The normalized spacial score (nSPS) is 11.6. The molecule has 2 rings (SSSR count). The van der Waals surface area contributed by atoms with E-state index in [1.165, 1.54) is 0 Å². The predicted octanol–water partition coefficient (Wildman–Crippen LogP) is 4.85. The lowest BCUT2D eigenvalue weighted by Crippen LogP contribution is -2.20. The summed E-state index contributed by atoms with van der Waals surface area (Å²) in [6, 6.07) is 14.9. The molecule has 0 bridgehead atoms. The monoisotopic (exact) mass is 298 g/mol. The molecule has 116 valence electrons. The van der Waals surface area contributed by atoms with E-state index in [9.17, 15) is 4.79 Å². The van der Waals surface area contributed by atoms with Crippen LogP contribution in [0.5, 0.6) is 5.75 Å². The van der Waals surface area contributed by atoms with Gasteiger partial charge in [0.05, 0.1) is 7.11 Å². The average Bonchev–Trinajstić information content (AvgIpc) is 2.55. The van der Waals surface area contributed by atoms with Crippen LogP contribution in [0, 0.1) is 0 Å². The van der Waals surface area contributed by atoms with E-state index in [0.717, 1.165) is 29.1 Å². The third-order valence-electron chi connectivity index (χ3n) is 3.70. The number of urea groups is 1. The Balaban J connectivity index is 2.05. The van der Waals surface area contributed by atoms with E-state index in [1.807, 2.05) is 30.3 Å². The highest BCUT2D eigenvalue weighted by atomic mass is 16.5. The van der Waals surface area contributed by atoms with Crippen molar-refractivity contribution < 1.29 is 9.53 Å². The van der Waals surface area contributed by atoms with Gasteiger partial charge in [0, 0.05) is 11.4 Å². The van der Waals surface area contributed by atoms with Crippen molar-refractivity contribution >= 4 is 17.4 Å². The molecule has 0 saturated carbocycles. The van der Waals surface area contributed by atoms with E-state index in [4.69, 9.17) is 4.74 Å². The maximum atomic E-state index is 12.1. The summed E-state index contributed by atoms with van der Waals surface area (Å²) in [5.74, 6) is 1.16. The summed E-state index contributed by atoms with van der Waals surface area (Å²) in [5.41, 5.74) is 2.72. The number of hydrogen-bond acceptors (Lipinski definition) is 2. The van der Waals surface area contributed by atoms with Gasteiger partial charge in [-0.25, -0.2) is 4.79 Å². The van der Waals surface area contributed by atoms with E-state index >= 15 is 0 Å². The summed E-state index contributed by atoms with van der Waals surface area (Å²) < 4.78 is 5.10. The highest BCUT2D eigenvalue weighted by Gasteiger charge is 2.11. The van der Waals surface area contributed by atoms with E-state index in [1.54, 1.807) is 19.2 Å². The number of methoxy groups -OCH3 is 1. The van der Waals surface area contributed by atoms with Crippen molar-refractivity contribution in [1.29, 1.82) is 0 Å². The fraction of sp³-hybridized carbons (Fsp3) is 0.278. The fourth-order valence-corrected chi connectivity index (χ4v) is 2.22. The molecule has 0 aromatic heterocycles. The zero-order valence-electron chi connectivity index (χ0n) is 13.2. The Bertz CT molecular complexity index is 623. The maximum absolute atomic E-state index is 12.1. The Morgan fingerprint density at radius 3 is 2.41 bits per heavy atom. The van der Waals surface area contributed by atoms with Crippen LogP contribution in [0.3, 0.4) is 0 Å². The van der Waals surface area contributed by atoms with Gasteiger partial charge in [-0.05, 0) is 48.2 Å². The molecule has 2 amide bonds. The van der Waals surface area contributed by atoms with Crippen LogP contribution in [-0.2, 0) is 0 Å². The van der Waals surface area contributed by atoms with Gasteiger partial charge in [-0.15, -0.1) is 0 Å². The van der Waals surface area contributed by atoms with Crippen molar-refractivity contribution in [2.24, 2.45) is 0 Å². The van der Waals surface area contributed by atoms with E-state index < -0.39 is 0 Å². The van der Waals surface area contributed by atoms with E-state index in [0.29, 0.717) is 5.92 Å². The van der Waals surface area contributed by atoms with Crippen molar-refractivity contribution in [3.8, 4) is 5.75 Å². The van der Waals surface area contributed by atoms with Crippen molar-refractivity contribution in [2.45, 2.75) is 26.2 Å². The van der Waals surface area contributed by atoms with Gasteiger partial charge in [0.1, 0.15) is 5.75 Å². The van der Waals surface area contributed by atoms with Crippen LogP contribution >= 0.6 is 0 Å². The SMILES string of the molecule is CC[C@H](C)c1ccccc1NC(=O)Nc1ccc(OC)cc1. The van der Waals surface area contributed by atoms with Crippen LogP contribution in [0.2, 0.25) is 0 Å². The van der Waals surface area contributed by atoms with Crippen molar-refractivity contribution in [3.05, 3.63) is 54.1 Å². The number of anilines is 2. The average molecular weight is 298 g/mol. The van der Waals surface area contributed by atoms with Crippen LogP contribution in [-0.4, -0.2) is 13.1 Å². The predicted molar refractivity (Wildman–Crippen MR) is 90.8 cm³/mol. The molecule has 0 aliphatic heterocycles. The number of amides is 2. The van der Waals surface area contributed by atoms with Gasteiger partial charge in [-0.1, -0.05) is 32.0 Å². The first-order valence-electron chi connectivity index (χ1n) is 7.45. The van der Waals surface area contributed by atoms with Gasteiger partial charge in [0.2, 0.25) is 0 Å². The number of benzene rings is 2. The highest BCUT2D eigenvalue weighted by Crippen LogP contribution is 2.26. The lowest BCUT2D eigenvalue weighted by atomic mass is 9.97. The molecule has 0 radical (unpaired) electrons. The molecule has 4 heteroatoms. The second-order valence-corrected chi connectivity index (χ2v) is 5.20. The number of carbonyl (C=O) groups excluding carboxylic acids is 1. The molecular weight excluding hydrogens is 276 g/mol. The van der Waals surface area contributed by atoms with Crippen molar-refractivity contribution in [1.82, 2.24) is 0 Å². The number of nitrogens with one attached hydrogen (secondary N) is 2. The second kappa shape index (κ2) is 7.50. The smallest absolute Gasteiger partial charge is 0.323 e. The van der Waals surface area contributed by atoms with Crippen LogP contribution in [0.25, 0.3) is 0 Å². The molecule has 0 spiro atoms. The Morgan fingerprint density at radius 2 is 1.77 bits per heavy atom. The maximum Gasteiger partial charge on any atom is 0.323 e. The number of rotatable bonds is 5. The largest absolute Gasteiger partial charge is 0.497 e. The quantitative estimate of drug-likeness (QED) is 0.828. The van der Waals surface area contributed by atoms with Crippen molar-refractivity contribution in [3.63, 3.8) is 0 Å². The van der Waals surface area contributed by atoms with Gasteiger partial charge >= 0.3 is 6.03 Å². The first-order chi connectivity index (χ1) is 10.6. The molecule has 0 aliphatic carbocycles. The van der Waals surface area contributed by atoms with Crippen LogP contribution < -0.4 is 15.4 Å². The number of hydrogen-bond donors (Lipinski definition) is 2. The van der Waals surface area contributed by atoms with Gasteiger partial charge in [-0.2, -0.15) is 0 Å². The van der Waals surface area contributed by atoms with E-state index in [2.05, 4.69) is 30.5 Å². The summed E-state index contributed by atoms with van der Waals surface area (Å²) in [6.07, 6.45) is 1.03.